The topological polar surface area (TPSA) is 103 Å². The molecule has 0 spiro atoms. The van der Waals surface area contributed by atoms with E-state index in [-0.39, 0.29) is 36.2 Å². The molecular formula is C21H32ClN3O4. The van der Waals surface area contributed by atoms with Crippen LogP contribution in [0.2, 0.25) is 0 Å². The Morgan fingerprint density at radius 2 is 1.86 bits per heavy atom. The van der Waals surface area contributed by atoms with Crippen LogP contribution in [0.3, 0.4) is 0 Å². The number of anilines is 1. The van der Waals surface area contributed by atoms with E-state index in [0.29, 0.717) is 36.2 Å². The lowest BCUT2D eigenvalue weighted by molar-refractivity contribution is -0.123. The van der Waals surface area contributed by atoms with Gasteiger partial charge in [0.1, 0.15) is 0 Å². The van der Waals surface area contributed by atoms with E-state index < -0.39 is 0 Å². The van der Waals surface area contributed by atoms with Gasteiger partial charge in [-0.2, -0.15) is 0 Å². The first-order valence-corrected chi connectivity index (χ1v) is 10.1. The standard InChI is InChI=1S/C21H31N3O4.ClH/c1-27-17-8-7-16(11-18(17)28-13-20(26)23-15-5-6-15)24-19(25)12-21(14-22)9-3-2-4-10-21;/h7-8,11,15H,2-6,9-10,12-14,22H2,1H3,(H,23,26)(H,24,25);1H. The highest BCUT2D eigenvalue weighted by atomic mass is 35.5. The molecule has 0 aromatic heterocycles. The van der Waals surface area contributed by atoms with Crippen LogP contribution in [-0.4, -0.2) is 38.1 Å². The van der Waals surface area contributed by atoms with Gasteiger partial charge in [-0.05, 0) is 49.8 Å². The van der Waals surface area contributed by atoms with Crippen LogP contribution in [0.4, 0.5) is 5.69 Å². The molecule has 2 aliphatic rings. The second kappa shape index (κ2) is 10.7. The van der Waals surface area contributed by atoms with Gasteiger partial charge in [-0.15, -0.1) is 12.4 Å². The number of ether oxygens (including phenoxy) is 2. The van der Waals surface area contributed by atoms with Crippen LogP contribution in [0.1, 0.15) is 51.4 Å². The number of benzene rings is 1. The van der Waals surface area contributed by atoms with Gasteiger partial charge in [0, 0.05) is 24.2 Å². The molecule has 2 amide bonds. The zero-order valence-corrected chi connectivity index (χ0v) is 17.8. The minimum Gasteiger partial charge on any atom is -0.493 e. The van der Waals surface area contributed by atoms with E-state index in [9.17, 15) is 9.59 Å². The molecule has 0 aliphatic heterocycles. The lowest BCUT2D eigenvalue weighted by atomic mass is 9.71. The minimum atomic E-state index is -0.152. The fourth-order valence-electron chi connectivity index (χ4n) is 3.81. The summed E-state index contributed by atoms with van der Waals surface area (Å²) >= 11 is 0. The maximum atomic E-state index is 12.6. The SMILES string of the molecule is COc1ccc(NC(=O)CC2(CN)CCCCC2)cc1OCC(=O)NC1CC1.Cl. The molecule has 2 saturated carbocycles. The average molecular weight is 426 g/mol. The first kappa shape index (κ1) is 23.3. The van der Waals surface area contributed by atoms with Crippen molar-refractivity contribution in [3.63, 3.8) is 0 Å². The van der Waals surface area contributed by atoms with Crippen molar-refractivity contribution in [2.24, 2.45) is 11.1 Å². The number of hydrogen-bond acceptors (Lipinski definition) is 5. The van der Waals surface area contributed by atoms with E-state index in [1.54, 1.807) is 25.3 Å². The number of halogens is 1. The largest absolute Gasteiger partial charge is 0.493 e. The lowest BCUT2D eigenvalue weighted by Crippen LogP contribution is -2.36. The third-order valence-electron chi connectivity index (χ3n) is 5.63. The number of nitrogens with two attached hydrogens (primary N) is 1. The number of nitrogens with one attached hydrogen (secondary N) is 2. The Balaban J connectivity index is 0.00000300. The van der Waals surface area contributed by atoms with Gasteiger partial charge in [0.25, 0.3) is 5.91 Å². The number of hydrogen-bond donors (Lipinski definition) is 3. The van der Waals surface area contributed by atoms with Crippen molar-refractivity contribution in [1.82, 2.24) is 5.32 Å². The number of amides is 2. The molecule has 29 heavy (non-hydrogen) atoms. The normalized spacial score (nSPS) is 17.6. The van der Waals surface area contributed by atoms with Crippen molar-refractivity contribution >= 4 is 29.9 Å². The van der Waals surface area contributed by atoms with Crippen LogP contribution >= 0.6 is 12.4 Å². The Labute approximate surface area is 178 Å². The predicted molar refractivity (Wildman–Crippen MR) is 115 cm³/mol. The van der Waals surface area contributed by atoms with Gasteiger partial charge >= 0.3 is 0 Å². The Morgan fingerprint density at radius 1 is 1.14 bits per heavy atom. The molecule has 1 aromatic carbocycles. The molecule has 0 unspecified atom stereocenters. The molecule has 0 radical (unpaired) electrons. The predicted octanol–water partition coefficient (Wildman–Crippen LogP) is 3.01. The monoisotopic (exact) mass is 425 g/mol. The van der Waals surface area contributed by atoms with Crippen molar-refractivity contribution in [1.29, 1.82) is 0 Å². The molecule has 0 atom stereocenters. The summed E-state index contributed by atoms with van der Waals surface area (Å²) in [5, 5.41) is 5.82. The summed E-state index contributed by atoms with van der Waals surface area (Å²) in [4.78, 5) is 24.5. The summed E-state index contributed by atoms with van der Waals surface area (Å²) in [7, 11) is 1.54. The van der Waals surface area contributed by atoms with Crippen LogP contribution < -0.4 is 25.8 Å². The van der Waals surface area contributed by atoms with Gasteiger partial charge < -0.3 is 25.8 Å². The van der Waals surface area contributed by atoms with Crippen LogP contribution in [0.25, 0.3) is 0 Å². The Bertz CT molecular complexity index is 703. The third kappa shape index (κ3) is 6.78. The summed E-state index contributed by atoms with van der Waals surface area (Å²) < 4.78 is 10.9. The van der Waals surface area contributed by atoms with Gasteiger partial charge in [-0.25, -0.2) is 0 Å². The zero-order valence-electron chi connectivity index (χ0n) is 17.0. The molecule has 0 bridgehead atoms. The van der Waals surface area contributed by atoms with Crippen LogP contribution in [0.5, 0.6) is 11.5 Å². The van der Waals surface area contributed by atoms with Gasteiger partial charge in [0.2, 0.25) is 5.91 Å². The van der Waals surface area contributed by atoms with E-state index in [1.165, 1.54) is 6.42 Å². The second-order valence-electron chi connectivity index (χ2n) is 7.99. The molecule has 2 fully saturated rings. The smallest absolute Gasteiger partial charge is 0.258 e. The molecule has 7 nitrogen and oxygen atoms in total. The van der Waals surface area contributed by atoms with Gasteiger partial charge in [0.05, 0.1) is 7.11 Å². The number of methoxy groups -OCH3 is 1. The highest BCUT2D eigenvalue weighted by Gasteiger charge is 2.33. The summed E-state index contributed by atoms with van der Waals surface area (Å²) in [5.41, 5.74) is 6.52. The Hall–Kier alpha value is -1.99. The summed E-state index contributed by atoms with van der Waals surface area (Å²) in [6.07, 6.45) is 7.98. The van der Waals surface area contributed by atoms with Crippen molar-refractivity contribution in [3.05, 3.63) is 18.2 Å². The molecule has 3 rings (SSSR count). The van der Waals surface area contributed by atoms with E-state index in [1.807, 2.05) is 0 Å². The first-order chi connectivity index (χ1) is 13.5. The van der Waals surface area contributed by atoms with E-state index in [2.05, 4.69) is 10.6 Å². The van der Waals surface area contributed by atoms with E-state index >= 15 is 0 Å². The lowest BCUT2D eigenvalue weighted by Gasteiger charge is -2.35. The highest BCUT2D eigenvalue weighted by Crippen LogP contribution is 2.39. The summed E-state index contributed by atoms with van der Waals surface area (Å²) in [5.74, 6) is 0.747. The maximum Gasteiger partial charge on any atom is 0.258 e. The van der Waals surface area contributed by atoms with Gasteiger partial charge in [-0.3, -0.25) is 9.59 Å². The van der Waals surface area contributed by atoms with Gasteiger partial charge in [0.15, 0.2) is 18.1 Å². The third-order valence-corrected chi connectivity index (χ3v) is 5.63. The van der Waals surface area contributed by atoms with E-state index in [4.69, 9.17) is 15.2 Å². The molecule has 1 aromatic rings. The highest BCUT2D eigenvalue weighted by molar-refractivity contribution is 5.91. The van der Waals surface area contributed by atoms with Crippen LogP contribution in [0, 0.1) is 5.41 Å². The average Bonchev–Trinajstić information content (AvgIpc) is 3.51. The zero-order chi connectivity index (χ0) is 20.0. The minimum absolute atomic E-state index is 0. The number of rotatable bonds is 9. The fourth-order valence-corrected chi connectivity index (χ4v) is 3.81. The molecule has 0 saturated heterocycles. The second-order valence-corrected chi connectivity index (χ2v) is 7.99. The summed E-state index contributed by atoms with van der Waals surface area (Å²) in [6, 6.07) is 5.47. The molecule has 8 heteroatoms. The number of carbonyl (C=O) groups is 2. The van der Waals surface area contributed by atoms with Crippen LogP contribution in [-0.2, 0) is 9.59 Å². The van der Waals surface area contributed by atoms with Crippen molar-refractivity contribution < 1.29 is 19.1 Å². The fraction of sp³-hybridized carbons (Fsp3) is 0.619. The Kier molecular flexibility index (Phi) is 8.59. The number of carbonyl (C=O) groups excluding carboxylic acids is 2. The first-order valence-electron chi connectivity index (χ1n) is 10.1. The molecule has 0 heterocycles. The van der Waals surface area contributed by atoms with E-state index in [0.717, 1.165) is 38.5 Å². The maximum absolute atomic E-state index is 12.6. The quantitative estimate of drug-likeness (QED) is 0.564. The molecule has 2 aliphatic carbocycles. The van der Waals surface area contributed by atoms with Gasteiger partial charge in [-0.1, -0.05) is 19.3 Å². The van der Waals surface area contributed by atoms with Crippen molar-refractivity contribution in [2.45, 2.75) is 57.4 Å². The molecular weight excluding hydrogens is 394 g/mol. The Morgan fingerprint density at radius 3 is 2.48 bits per heavy atom. The molecule has 162 valence electrons. The van der Waals surface area contributed by atoms with Crippen molar-refractivity contribution in [2.75, 3.05) is 25.6 Å². The van der Waals surface area contributed by atoms with Crippen molar-refractivity contribution in [3.8, 4) is 11.5 Å². The summed E-state index contributed by atoms with van der Waals surface area (Å²) in [6.45, 7) is 0.452. The van der Waals surface area contributed by atoms with Crippen LogP contribution in [0.15, 0.2) is 18.2 Å². The molecule has 4 N–H and O–H groups in total.